The molecule has 3 N–H and O–H groups in total. The Morgan fingerprint density at radius 2 is 1.81 bits per heavy atom. The minimum absolute atomic E-state index is 0.233. The van der Waals surface area contributed by atoms with Crippen LogP contribution in [0, 0.1) is 0 Å². The Bertz CT molecular complexity index is 1080. The van der Waals surface area contributed by atoms with Gasteiger partial charge in [0, 0.05) is 30.4 Å². The van der Waals surface area contributed by atoms with Gasteiger partial charge >= 0.3 is 5.97 Å². The topological polar surface area (TPSA) is 110 Å². The SMILES string of the molecule is CCOc1ccccc1NC(=O)COC(=O)[C@H](Cc1c[nH]c2ccccc12)NC(C)=O. The number of amides is 2. The van der Waals surface area contributed by atoms with E-state index in [0.29, 0.717) is 18.0 Å². The number of carbonyl (C=O) groups is 3. The summed E-state index contributed by atoms with van der Waals surface area (Å²) in [5.41, 5.74) is 2.28. The standard InChI is InChI=1S/C23H25N3O5/c1-3-30-21-11-7-6-10-19(21)26-22(28)14-31-23(29)20(25-15(2)27)12-16-13-24-18-9-5-4-8-17(16)18/h4-11,13,20,24H,3,12,14H2,1-2H3,(H,25,27)(H,26,28)/t20-/m0/s1. The Morgan fingerprint density at radius 3 is 2.58 bits per heavy atom. The largest absolute Gasteiger partial charge is 0.492 e. The van der Waals surface area contributed by atoms with Gasteiger partial charge in [-0.15, -0.1) is 0 Å². The molecule has 162 valence electrons. The first-order valence-corrected chi connectivity index (χ1v) is 9.98. The molecule has 0 unspecified atom stereocenters. The lowest BCUT2D eigenvalue weighted by Crippen LogP contribution is -2.43. The molecule has 0 aliphatic heterocycles. The van der Waals surface area contributed by atoms with E-state index < -0.39 is 24.5 Å². The van der Waals surface area contributed by atoms with Crippen LogP contribution >= 0.6 is 0 Å². The monoisotopic (exact) mass is 423 g/mol. The summed E-state index contributed by atoms with van der Waals surface area (Å²) < 4.78 is 10.6. The molecule has 0 radical (unpaired) electrons. The molecule has 1 heterocycles. The van der Waals surface area contributed by atoms with Crippen LogP contribution in [0.15, 0.2) is 54.7 Å². The number of fused-ring (bicyclic) bond motifs is 1. The van der Waals surface area contributed by atoms with Crippen LogP contribution in [-0.2, 0) is 25.5 Å². The number of ether oxygens (including phenoxy) is 2. The third-order valence-corrected chi connectivity index (χ3v) is 4.57. The van der Waals surface area contributed by atoms with Crippen molar-refractivity contribution < 1.29 is 23.9 Å². The second kappa shape index (κ2) is 10.3. The highest BCUT2D eigenvalue weighted by Crippen LogP contribution is 2.23. The summed E-state index contributed by atoms with van der Waals surface area (Å²) in [4.78, 5) is 39.6. The first kappa shape index (κ1) is 21.9. The average molecular weight is 423 g/mol. The van der Waals surface area contributed by atoms with E-state index >= 15 is 0 Å². The molecule has 8 heteroatoms. The third kappa shape index (κ3) is 5.85. The van der Waals surface area contributed by atoms with Crippen LogP contribution in [0.25, 0.3) is 10.9 Å². The number of H-pyrrole nitrogens is 1. The van der Waals surface area contributed by atoms with E-state index in [1.165, 1.54) is 6.92 Å². The fraction of sp³-hybridized carbons (Fsp3) is 0.261. The predicted octanol–water partition coefficient (Wildman–Crippen LogP) is 2.80. The Hall–Kier alpha value is -3.81. The summed E-state index contributed by atoms with van der Waals surface area (Å²) in [6.45, 7) is 3.14. The summed E-state index contributed by atoms with van der Waals surface area (Å²) in [5.74, 6) is -1.03. The van der Waals surface area contributed by atoms with E-state index in [9.17, 15) is 14.4 Å². The molecule has 0 saturated heterocycles. The van der Waals surface area contributed by atoms with Crippen LogP contribution in [0.3, 0.4) is 0 Å². The summed E-state index contributed by atoms with van der Waals surface area (Å²) in [5, 5.41) is 6.22. The molecule has 1 aromatic heterocycles. The summed E-state index contributed by atoms with van der Waals surface area (Å²) in [7, 11) is 0. The number of hydrogen-bond acceptors (Lipinski definition) is 5. The number of nitrogens with one attached hydrogen (secondary N) is 3. The van der Waals surface area contributed by atoms with Crippen LogP contribution in [0.2, 0.25) is 0 Å². The quantitative estimate of drug-likeness (QED) is 0.459. The fourth-order valence-corrected chi connectivity index (χ4v) is 3.23. The highest BCUT2D eigenvalue weighted by atomic mass is 16.5. The predicted molar refractivity (Wildman–Crippen MR) is 117 cm³/mol. The zero-order chi connectivity index (χ0) is 22.2. The van der Waals surface area contributed by atoms with Crippen LogP contribution in [0.1, 0.15) is 19.4 Å². The fourth-order valence-electron chi connectivity index (χ4n) is 3.23. The highest BCUT2D eigenvalue weighted by molar-refractivity contribution is 5.95. The maximum atomic E-state index is 12.6. The van der Waals surface area contributed by atoms with E-state index in [1.54, 1.807) is 30.5 Å². The number of aromatic amines is 1. The molecule has 1 atom stereocenters. The zero-order valence-electron chi connectivity index (χ0n) is 17.4. The number of hydrogen-bond donors (Lipinski definition) is 3. The summed E-state index contributed by atoms with van der Waals surface area (Å²) in [6.07, 6.45) is 2.03. The van der Waals surface area contributed by atoms with E-state index in [1.807, 2.05) is 31.2 Å². The minimum atomic E-state index is -0.916. The average Bonchev–Trinajstić information content (AvgIpc) is 3.16. The highest BCUT2D eigenvalue weighted by Gasteiger charge is 2.24. The third-order valence-electron chi connectivity index (χ3n) is 4.57. The zero-order valence-corrected chi connectivity index (χ0v) is 17.4. The van der Waals surface area contributed by atoms with Gasteiger partial charge in [0.05, 0.1) is 12.3 Å². The summed E-state index contributed by atoms with van der Waals surface area (Å²) in [6, 6.07) is 13.7. The molecule has 0 fully saturated rings. The van der Waals surface area contributed by atoms with Gasteiger partial charge in [0.2, 0.25) is 5.91 Å². The number of esters is 1. The van der Waals surface area contributed by atoms with Crippen molar-refractivity contribution in [2.24, 2.45) is 0 Å². The normalized spacial score (nSPS) is 11.5. The molecule has 3 rings (SSSR count). The minimum Gasteiger partial charge on any atom is -0.492 e. The second-order valence-electron chi connectivity index (χ2n) is 6.90. The van der Waals surface area contributed by atoms with Gasteiger partial charge in [0.1, 0.15) is 11.8 Å². The Labute approximate surface area is 179 Å². The molecule has 0 bridgehead atoms. The van der Waals surface area contributed by atoms with Gasteiger partial charge in [0.25, 0.3) is 5.91 Å². The molecule has 0 aliphatic carbocycles. The Kier molecular flexibility index (Phi) is 7.26. The molecule has 0 spiro atoms. The second-order valence-corrected chi connectivity index (χ2v) is 6.90. The van der Waals surface area contributed by atoms with Crippen LogP contribution in [0.5, 0.6) is 5.75 Å². The molecule has 0 aliphatic rings. The van der Waals surface area contributed by atoms with E-state index in [0.717, 1.165) is 16.5 Å². The summed E-state index contributed by atoms with van der Waals surface area (Å²) >= 11 is 0. The van der Waals surface area contributed by atoms with Crippen molar-refractivity contribution in [1.82, 2.24) is 10.3 Å². The van der Waals surface area contributed by atoms with Crippen molar-refractivity contribution in [2.75, 3.05) is 18.5 Å². The van der Waals surface area contributed by atoms with Crippen molar-refractivity contribution in [3.63, 3.8) is 0 Å². The van der Waals surface area contributed by atoms with Crippen LogP contribution in [-0.4, -0.2) is 42.0 Å². The van der Waals surface area contributed by atoms with Crippen molar-refractivity contribution >= 4 is 34.4 Å². The van der Waals surface area contributed by atoms with Crippen LogP contribution < -0.4 is 15.4 Å². The van der Waals surface area contributed by atoms with Gasteiger partial charge in [0.15, 0.2) is 6.61 Å². The molecule has 0 saturated carbocycles. The maximum absolute atomic E-state index is 12.6. The molecule has 31 heavy (non-hydrogen) atoms. The molecule has 3 aromatic rings. The van der Waals surface area contributed by atoms with E-state index in [-0.39, 0.29) is 12.3 Å². The molecular weight excluding hydrogens is 398 g/mol. The Balaban J connectivity index is 1.63. The first-order chi connectivity index (χ1) is 15.0. The Morgan fingerprint density at radius 1 is 1.06 bits per heavy atom. The van der Waals surface area contributed by atoms with Crippen molar-refractivity contribution in [3.8, 4) is 5.75 Å². The van der Waals surface area contributed by atoms with E-state index in [2.05, 4.69) is 15.6 Å². The molecule has 2 amide bonds. The number of para-hydroxylation sites is 3. The smallest absolute Gasteiger partial charge is 0.329 e. The first-order valence-electron chi connectivity index (χ1n) is 9.98. The number of anilines is 1. The van der Waals surface area contributed by atoms with Gasteiger partial charge < -0.3 is 25.1 Å². The van der Waals surface area contributed by atoms with Gasteiger partial charge in [-0.1, -0.05) is 30.3 Å². The van der Waals surface area contributed by atoms with Gasteiger partial charge in [-0.2, -0.15) is 0 Å². The van der Waals surface area contributed by atoms with Crippen molar-refractivity contribution in [1.29, 1.82) is 0 Å². The van der Waals surface area contributed by atoms with Crippen molar-refractivity contribution in [3.05, 3.63) is 60.3 Å². The lowest BCUT2D eigenvalue weighted by Gasteiger charge is -2.17. The van der Waals surface area contributed by atoms with Crippen molar-refractivity contribution in [2.45, 2.75) is 26.3 Å². The molecule has 2 aromatic carbocycles. The number of aromatic nitrogens is 1. The molecular formula is C23H25N3O5. The van der Waals surface area contributed by atoms with Crippen LogP contribution in [0.4, 0.5) is 5.69 Å². The number of benzene rings is 2. The lowest BCUT2D eigenvalue weighted by atomic mass is 10.0. The maximum Gasteiger partial charge on any atom is 0.329 e. The number of rotatable bonds is 9. The van der Waals surface area contributed by atoms with Gasteiger partial charge in [-0.3, -0.25) is 9.59 Å². The number of carbonyl (C=O) groups excluding carboxylic acids is 3. The molecule has 8 nitrogen and oxygen atoms in total. The van der Waals surface area contributed by atoms with Gasteiger partial charge in [-0.05, 0) is 30.7 Å². The van der Waals surface area contributed by atoms with Gasteiger partial charge in [-0.25, -0.2) is 4.79 Å². The van der Waals surface area contributed by atoms with E-state index in [4.69, 9.17) is 9.47 Å². The lowest BCUT2D eigenvalue weighted by molar-refractivity contribution is -0.150.